The van der Waals surface area contributed by atoms with Crippen molar-refractivity contribution in [1.29, 1.82) is 0 Å². The van der Waals surface area contributed by atoms with Crippen LogP contribution in [0.1, 0.15) is 16.1 Å². The Labute approximate surface area is 129 Å². The summed E-state index contributed by atoms with van der Waals surface area (Å²) in [6.45, 7) is 0. The number of hydrogen-bond acceptors (Lipinski definition) is 5. The van der Waals surface area contributed by atoms with Gasteiger partial charge < -0.3 is 9.84 Å². The fourth-order valence-corrected chi connectivity index (χ4v) is 2.04. The number of ether oxygens (including phenoxy) is 1. The molecule has 0 aliphatic carbocycles. The number of amides is 1. The van der Waals surface area contributed by atoms with E-state index in [1.54, 1.807) is 31.4 Å². The molecule has 0 atom stereocenters. The number of aromatic hydroxyl groups is 1. The first kappa shape index (κ1) is 15.0. The zero-order valence-electron chi connectivity index (χ0n) is 11.4. The number of aromatic nitrogens is 2. The summed E-state index contributed by atoms with van der Waals surface area (Å²) in [5.41, 5.74) is 3.30. The van der Waals surface area contributed by atoms with Gasteiger partial charge in [0, 0.05) is 13.2 Å². The first-order chi connectivity index (χ1) is 10.0. The number of aryl methyl sites for hydroxylation is 1. The summed E-state index contributed by atoms with van der Waals surface area (Å²) in [6, 6.07) is 4.83. The summed E-state index contributed by atoms with van der Waals surface area (Å²) in [4.78, 5) is 11.7. The molecule has 0 saturated heterocycles. The molecule has 2 aromatic rings. The minimum absolute atomic E-state index is 0.00664. The molecule has 0 saturated carbocycles. The lowest BCUT2D eigenvalue weighted by Crippen LogP contribution is -2.18. The van der Waals surface area contributed by atoms with Crippen LogP contribution in [0.5, 0.6) is 11.5 Å². The van der Waals surface area contributed by atoms with Crippen LogP contribution in [0.3, 0.4) is 0 Å². The lowest BCUT2D eigenvalue weighted by Gasteiger charge is -2.06. The van der Waals surface area contributed by atoms with Crippen LogP contribution in [0, 0.1) is 0 Å². The third kappa shape index (κ3) is 3.60. The summed E-state index contributed by atoms with van der Waals surface area (Å²) in [5.74, 6) is -0.0919. The topological polar surface area (TPSA) is 88.7 Å². The summed E-state index contributed by atoms with van der Waals surface area (Å²) in [5, 5.41) is 17.5. The first-order valence-corrected chi connectivity index (χ1v) is 6.70. The molecule has 0 spiro atoms. The number of nitrogens with zero attached hydrogens (tertiary/aromatic N) is 3. The van der Waals surface area contributed by atoms with Gasteiger partial charge in [0.15, 0.2) is 17.2 Å². The van der Waals surface area contributed by atoms with E-state index in [4.69, 9.17) is 4.74 Å². The highest BCUT2D eigenvalue weighted by molar-refractivity contribution is 9.10. The molecule has 0 fully saturated rings. The van der Waals surface area contributed by atoms with Gasteiger partial charge in [-0.25, -0.2) is 5.43 Å². The molecule has 1 amide bonds. The summed E-state index contributed by atoms with van der Waals surface area (Å²) < 4.78 is 7.02. The monoisotopic (exact) mass is 352 g/mol. The Kier molecular flexibility index (Phi) is 4.59. The van der Waals surface area contributed by atoms with Crippen LogP contribution >= 0.6 is 15.9 Å². The van der Waals surface area contributed by atoms with Crippen molar-refractivity contribution < 1.29 is 14.6 Å². The SMILES string of the molecule is COc1cc(C=NNC(=O)c2ccn(C)n2)cc(Br)c1O. The van der Waals surface area contributed by atoms with Gasteiger partial charge in [0.1, 0.15) is 0 Å². The maximum Gasteiger partial charge on any atom is 0.291 e. The fraction of sp³-hybridized carbons (Fsp3) is 0.154. The number of carbonyl (C=O) groups is 1. The lowest BCUT2D eigenvalue weighted by atomic mass is 10.2. The number of carbonyl (C=O) groups excluding carboxylic acids is 1. The molecule has 7 nitrogen and oxygen atoms in total. The highest BCUT2D eigenvalue weighted by atomic mass is 79.9. The Morgan fingerprint density at radius 3 is 2.95 bits per heavy atom. The summed E-state index contributed by atoms with van der Waals surface area (Å²) >= 11 is 3.21. The van der Waals surface area contributed by atoms with Crippen molar-refractivity contribution in [2.45, 2.75) is 0 Å². The Hall–Kier alpha value is -2.35. The molecule has 8 heteroatoms. The van der Waals surface area contributed by atoms with Crippen LogP contribution in [0.2, 0.25) is 0 Å². The molecular weight excluding hydrogens is 340 g/mol. The van der Waals surface area contributed by atoms with Gasteiger partial charge in [-0.15, -0.1) is 0 Å². The summed E-state index contributed by atoms with van der Waals surface area (Å²) in [7, 11) is 3.17. The Morgan fingerprint density at radius 2 is 2.33 bits per heavy atom. The van der Waals surface area contributed by atoms with Crippen molar-refractivity contribution in [2.75, 3.05) is 7.11 Å². The van der Waals surface area contributed by atoms with Gasteiger partial charge in [-0.1, -0.05) is 0 Å². The zero-order valence-corrected chi connectivity index (χ0v) is 13.0. The van der Waals surface area contributed by atoms with Gasteiger partial charge in [-0.3, -0.25) is 9.48 Å². The number of phenols is 1. The van der Waals surface area contributed by atoms with E-state index in [1.165, 1.54) is 18.0 Å². The number of nitrogens with one attached hydrogen (secondary N) is 1. The highest BCUT2D eigenvalue weighted by Crippen LogP contribution is 2.34. The van der Waals surface area contributed by atoms with Gasteiger partial charge in [0.05, 0.1) is 17.8 Å². The van der Waals surface area contributed by atoms with Crippen molar-refractivity contribution in [3.05, 3.63) is 40.1 Å². The van der Waals surface area contributed by atoms with E-state index >= 15 is 0 Å². The van der Waals surface area contributed by atoms with E-state index in [9.17, 15) is 9.90 Å². The normalized spacial score (nSPS) is 10.8. The van der Waals surface area contributed by atoms with Crippen LogP contribution in [-0.2, 0) is 7.05 Å². The van der Waals surface area contributed by atoms with Crippen molar-refractivity contribution in [2.24, 2.45) is 12.1 Å². The molecule has 0 unspecified atom stereocenters. The molecule has 1 heterocycles. The lowest BCUT2D eigenvalue weighted by molar-refractivity contribution is 0.0949. The molecule has 21 heavy (non-hydrogen) atoms. The van der Waals surface area contributed by atoms with Gasteiger partial charge in [0.25, 0.3) is 5.91 Å². The smallest absolute Gasteiger partial charge is 0.291 e. The predicted octanol–water partition coefficient (Wildman–Crippen LogP) is 1.66. The van der Waals surface area contributed by atoms with E-state index in [2.05, 4.69) is 31.6 Å². The van der Waals surface area contributed by atoms with Crippen LogP contribution in [0.25, 0.3) is 0 Å². The van der Waals surface area contributed by atoms with Crippen LogP contribution in [0.15, 0.2) is 34.0 Å². The van der Waals surface area contributed by atoms with Crippen LogP contribution in [0.4, 0.5) is 0 Å². The minimum atomic E-state index is -0.406. The number of phenolic OH excluding ortho intramolecular Hbond substituents is 1. The Balaban J connectivity index is 2.08. The largest absolute Gasteiger partial charge is 0.503 e. The van der Waals surface area contributed by atoms with Gasteiger partial charge in [-0.2, -0.15) is 10.2 Å². The molecule has 0 aliphatic rings. The molecule has 1 aromatic carbocycles. The number of hydrogen-bond donors (Lipinski definition) is 2. The van der Waals surface area contributed by atoms with Crippen LogP contribution < -0.4 is 10.2 Å². The summed E-state index contributed by atoms with van der Waals surface area (Å²) in [6.07, 6.45) is 3.11. The van der Waals surface area contributed by atoms with Gasteiger partial charge in [-0.05, 0) is 39.7 Å². The minimum Gasteiger partial charge on any atom is -0.503 e. The molecular formula is C13H13BrN4O3. The van der Waals surface area contributed by atoms with E-state index < -0.39 is 5.91 Å². The second-order valence-electron chi connectivity index (χ2n) is 4.13. The molecule has 2 N–H and O–H groups in total. The van der Waals surface area contributed by atoms with E-state index in [0.717, 1.165) is 0 Å². The van der Waals surface area contributed by atoms with E-state index in [-0.39, 0.29) is 11.4 Å². The van der Waals surface area contributed by atoms with Crippen molar-refractivity contribution >= 4 is 28.1 Å². The number of rotatable bonds is 4. The number of methoxy groups -OCH3 is 1. The molecule has 0 radical (unpaired) electrons. The number of benzene rings is 1. The standard InChI is InChI=1S/C13H13BrN4O3/c1-18-4-3-10(17-18)13(20)16-15-7-8-5-9(14)12(19)11(6-8)21-2/h3-7,19H,1-2H3,(H,16,20). The molecule has 110 valence electrons. The van der Waals surface area contributed by atoms with Crippen LogP contribution in [-0.4, -0.2) is 34.1 Å². The zero-order chi connectivity index (χ0) is 15.4. The molecule has 0 aliphatic heterocycles. The van der Waals surface area contributed by atoms with E-state index in [0.29, 0.717) is 15.8 Å². The van der Waals surface area contributed by atoms with Gasteiger partial charge in [0.2, 0.25) is 0 Å². The average molecular weight is 353 g/mol. The highest BCUT2D eigenvalue weighted by Gasteiger charge is 2.08. The first-order valence-electron chi connectivity index (χ1n) is 5.91. The fourth-order valence-electron chi connectivity index (χ4n) is 1.58. The Bertz CT molecular complexity index is 697. The second-order valence-corrected chi connectivity index (χ2v) is 4.98. The maximum absolute atomic E-state index is 11.7. The third-order valence-corrected chi connectivity index (χ3v) is 3.20. The quantitative estimate of drug-likeness (QED) is 0.646. The third-order valence-electron chi connectivity index (χ3n) is 2.60. The van der Waals surface area contributed by atoms with Crippen molar-refractivity contribution in [3.8, 4) is 11.5 Å². The molecule has 2 rings (SSSR count). The average Bonchev–Trinajstić information content (AvgIpc) is 2.89. The van der Waals surface area contributed by atoms with Crippen molar-refractivity contribution in [1.82, 2.24) is 15.2 Å². The molecule has 0 bridgehead atoms. The number of hydrazone groups is 1. The van der Waals surface area contributed by atoms with Gasteiger partial charge >= 0.3 is 0 Å². The Morgan fingerprint density at radius 1 is 1.57 bits per heavy atom. The molecule has 1 aromatic heterocycles. The van der Waals surface area contributed by atoms with E-state index in [1.807, 2.05) is 0 Å². The predicted molar refractivity (Wildman–Crippen MR) is 80.6 cm³/mol. The maximum atomic E-state index is 11.7. The number of halogens is 1. The second kappa shape index (κ2) is 6.40. The van der Waals surface area contributed by atoms with Crippen molar-refractivity contribution in [3.63, 3.8) is 0 Å².